The molecule has 0 aliphatic carbocycles. The lowest BCUT2D eigenvalue weighted by atomic mass is 10.1. The molecule has 0 radical (unpaired) electrons. The summed E-state index contributed by atoms with van der Waals surface area (Å²) in [6.07, 6.45) is 0.248. The maximum atomic E-state index is 12.0. The first kappa shape index (κ1) is 16.6. The van der Waals surface area contributed by atoms with Crippen molar-refractivity contribution in [3.63, 3.8) is 0 Å². The summed E-state index contributed by atoms with van der Waals surface area (Å²) in [5.41, 5.74) is 7.05. The van der Waals surface area contributed by atoms with Crippen LogP contribution in [0, 0.1) is 0 Å². The zero-order chi connectivity index (χ0) is 16.2. The van der Waals surface area contributed by atoms with Gasteiger partial charge in [-0.1, -0.05) is 65.7 Å². The van der Waals surface area contributed by atoms with Crippen LogP contribution in [-0.2, 0) is 20.5 Å². The van der Waals surface area contributed by atoms with Crippen LogP contribution in [0.5, 0.6) is 5.75 Å². The molecule has 0 bridgehead atoms. The number of esters is 1. The molecule has 0 spiro atoms. The molecule has 0 heterocycles. The van der Waals surface area contributed by atoms with Crippen molar-refractivity contribution in [2.75, 3.05) is 0 Å². The lowest BCUT2D eigenvalue weighted by molar-refractivity contribution is -0.149. The van der Waals surface area contributed by atoms with Crippen LogP contribution >= 0.6 is 23.2 Å². The number of nitrogens with two attached hydrogens (primary N) is 1. The van der Waals surface area contributed by atoms with Gasteiger partial charge in [-0.3, -0.25) is 4.79 Å². The minimum absolute atomic E-state index is 0.143. The first-order chi connectivity index (χ1) is 10.4. The van der Waals surface area contributed by atoms with Gasteiger partial charge in [-0.2, -0.15) is 0 Å². The summed E-state index contributed by atoms with van der Waals surface area (Å²) >= 11 is 12.1. The molecule has 2 rings (SSSR count). The van der Waals surface area contributed by atoms with Crippen molar-refractivity contribution < 1.29 is 14.6 Å². The number of halogens is 2. The number of alkyl halides is 2. The first-order valence-corrected chi connectivity index (χ1v) is 7.34. The van der Waals surface area contributed by atoms with Crippen molar-refractivity contribution in [3.8, 4) is 5.75 Å². The Kier molecular flexibility index (Phi) is 5.29. The molecule has 0 saturated carbocycles. The summed E-state index contributed by atoms with van der Waals surface area (Å²) in [7, 11) is 0. The summed E-state index contributed by atoms with van der Waals surface area (Å²) in [4.78, 5) is 12.0. The Balaban J connectivity index is 2.00. The fourth-order valence-electron chi connectivity index (χ4n) is 1.86. The number of hydrogen-bond donors (Lipinski definition) is 2. The van der Waals surface area contributed by atoms with Gasteiger partial charge in [0.2, 0.25) is 0 Å². The predicted molar refractivity (Wildman–Crippen MR) is 85.7 cm³/mol. The van der Waals surface area contributed by atoms with E-state index in [1.165, 1.54) is 12.1 Å². The normalized spacial score (nSPS) is 12.7. The average Bonchev–Trinajstić information content (AvgIpc) is 2.50. The van der Waals surface area contributed by atoms with Crippen LogP contribution in [-0.4, -0.2) is 17.1 Å². The highest BCUT2D eigenvalue weighted by molar-refractivity contribution is 6.47. The number of carbonyl (C=O) groups excluding carboxylic acids is 1. The number of aromatic hydroxyl groups is 1. The second-order valence-electron chi connectivity index (χ2n) is 4.78. The Morgan fingerprint density at radius 2 is 1.73 bits per heavy atom. The Morgan fingerprint density at radius 1 is 1.14 bits per heavy atom. The van der Waals surface area contributed by atoms with Crippen molar-refractivity contribution in [2.45, 2.75) is 17.0 Å². The molecule has 4 nitrogen and oxygen atoms in total. The first-order valence-electron chi connectivity index (χ1n) is 6.58. The Morgan fingerprint density at radius 3 is 2.32 bits per heavy atom. The van der Waals surface area contributed by atoms with Gasteiger partial charge >= 0.3 is 5.97 Å². The van der Waals surface area contributed by atoms with Crippen LogP contribution in [0.15, 0.2) is 54.6 Å². The molecule has 0 aliphatic rings. The summed E-state index contributed by atoms with van der Waals surface area (Å²) < 4.78 is 3.31. The van der Waals surface area contributed by atoms with E-state index in [9.17, 15) is 9.90 Å². The lowest BCUT2D eigenvalue weighted by Gasteiger charge is -2.22. The fraction of sp³-hybridized carbons (Fsp3) is 0.188. The number of phenolic OH excluding ortho intramolecular Hbond substituents is 1. The Labute approximate surface area is 138 Å². The monoisotopic (exact) mass is 339 g/mol. The smallest absolute Gasteiger partial charge is 0.326 e. The molecule has 0 aliphatic heterocycles. The summed E-state index contributed by atoms with van der Waals surface area (Å²) in [5, 5.41) is 9.22. The minimum Gasteiger partial charge on any atom is -0.508 e. The third kappa shape index (κ3) is 4.37. The average molecular weight is 340 g/mol. The second-order valence-corrected chi connectivity index (χ2v) is 6.04. The van der Waals surface area contributed by atoms with Gasteiger partial charge in [0.05, 0.1) is 0 Å². The standard InChI is InChI=1S/C16H15Cl2NO3/c17-16(18,12-4-2-1-3-5-12)22-15(21)14(19)10-11-6-8-13(20)9-7-11/h1-9,14,20H,10,19H2/t14-/m0/s1. The van der Waals surface area contributed by atoms with Gasteiger partial charge in [-0.25, -0.2) is 0 Å². The molecule has 0 amide bonds. The fourth-order valence-corrected chi connectivity index (χ4v) is 2.27. The topological polar surface area (TPSA) is 72.5 Å². The zero-order valence-corrected chi connectivity index (χ0v) is 13.1. The third-order valence-electron chi connectivity index (χ3n) is 3.03. The highest BCUT2D eigenvalue weighted by atomic mass is 35.5. The summed E-state index contributed by atoms with van der Waals surface area (Å²) in [6.45, 7) is 0. The number of hydrogen-bond acceptors (Lipinski definition) is 4. The van der Waals surface area contributed by atoms with Crippen molar-refractivity contribution >= 4 is 29.2 Å². The molecular formula is C16H15Cl2NO3. The van der Waals surface area contributed by atoms with Crippen LogP contribution < -0.4 is 5.73 Å². The largest absolute Gasteiger partial charge is 0.508 e. The van der Waals surface area contributed by atoms with E-state index in [0.717, 1.165) is 5.56 Å². The van der Waals surface area contributed by atoms with Crippen LogP contribution in [0.2, 0.25) is 0 Å². The van der Waals surface area contributed by atoms with E-state index < -0.39 is 16.5 Å². The lowest BCUT2D eigenvalue weighted by Crippen LogP contribution is -2.37. The van der Waals surface area contributed by atoms with Crippen molar-refractivity contribution in [1.82, 2.24) is 0 Å². The van der Waals surface area contributed by atoms with E-state index in [-0.39, 0.29) is 12.2 Å². The minimum atomic E-state index is -1.79. The molecule has 0 unspecified atom stereocenters. The quantitative estimate of drug-likeness (QED) is 0.648. The summed E-state index contributed by atoms with van der Waals surface area (Å²) in [6, 6.07) is 14.0. The molecule has 0 fully saturated rings. The molecule has 2 aromatic carbocycles. The molecule has 3 N–H and O–H groups in total. The number of phenols is 1. The molecule has 0 aromatic heterocycles. The number of benzene rings is 2. The Bertz CT molecular complexity index is 630. The van der Waals surface area contributed by atoms with Gasteiger partial charge in [-0.05, 0) is 24.1 Å². The molecule has 0 saturated heterocycles. The van der Waals surface area contributed by atoms with E-state index >= 15 is 0 Å². The molecule has 116 valence electrons. The van der Waals surface area contributed by atoms with Crippen LogP contribution in [0.3, 0.4) is 0 Å². The third-order valence-corrected chi connectivity index (χ3v) is 3.62. The predicted octanol–water partition coefficient (Wildman–Crippen LogP) is 3.09. The molecular weight excluding hydrogens is 325 g/mol. The van der Waals surface area contributed by atoms with Crippen LogP contribution in [0.1, 0.15) is 11.1 Å². The van der Waals surface area contributed by atoms with Gasteiger partial charge in [0.25, 0.3) is 4.52 Å². The van der Waals surface area contributed by atoms with Crippen LogP contribution in [0.25, 0.3) is 0 Å². The van der Waals surface area contributed by atoms with Gasteiger partial charge in [0, 0.05) is 5.56 Å². The van der Waals surface area contributed by atoms with E-state index in [2.05, 4.69) is 0 Å². The van der Waals surface area contributed by atoms with E-state index in [1.54, 1.807) is 42.5 Å². The highest BCUT2D eigenvalue weighted by Gasteiger charge is 2.33. The van der Waals surface area contributed by atoms with Crippen molar-refractivity contribution in [3.05, 3.63) is 65.7 Å². The Hall–Kier alpha value is -1.75. The van der Waals surface area contributed by atoms with Crippen LogP contribution in [0.4, 0.5) is 0 Å². The highest BCUT2D eigenvalue weighted by Crippen LogP contribution is 2.35. The van der Waals surface area contributed by atoms with Gasteiger partial charge < -0.3 is 15.6 Å². The maximum absolute atomic E-state index is 12.0. The molecule has 2 aromatic rings. The van der Waals surface area contributed by atoms with Gasteiger partial charge in [0.1, 0.15) is 11.8 Å². The van der Waals surface area contributed by atoms with Gasteiger partial charge in [0.15, 0.2) is 0 Å². The maximum Gasteiger partial charge on any atom is 0.326 e. The number of ether oxygens (including phenoxy) is 1. The SMILES string of the molecule is N[C@@H](Cc1ccc(O)cc1)C(=O)OC(Cl)(Cl)c1ccccc1. The van der Waals surface area contributed by atoms with Gasteiger partial charge in [-0.15, -0.1) is 0 Å². The molecule has 6 heteroatoms. The zero-order valence-electron chi connectivity index (χ0n) is 11.6. The molecule has 22 heavy (non-hydrogen) atoms. The second kappa shape index (κ2) is 7.01. The van der Waals surface area contributed by atoms with E-state index in [1.807, 2.05) is 0 Å². The van der Waals surface area contributed by atoms with E-state index in [4.69, 9.17) is 33.7 Å². The van der Waals surface area contributed by atoms with Crippen molar-refractivity contribution in [1.29, 1.82) is 0 Å². The summed E-state index contributed by atoms with van der Waals surface area (Å²) in [5.74, 6) is -0.563. The number of rotatable bonds is 5. The van der Waals surface area contributed by atoms with Crippen molar-refractivity contribution in [2.24, 2.45) is 5.73 Å². The number of carbonyl (C=O) groups is 1. The molecule has 1 atom stereocenters. The van der Waals surface area contributed by atoms with E-state index in [0.29, 0.717) is 5.56 Å².